The first-order valence-corrected chi connectivity index (χ1v) is 8.18. The number of nitrogens with two attached hydrogens (primary N) is 1. The van der Waals surface area contributed by atoms with Gasteiger partial charge in [-0.05, 0) is 25.3 Å². The van der Waals surface area contributed by atoms with Crippen LogP contribution in [0.5, 0.6) is 0 Å². The van der Waals surface area contributed by atoms with E-state index in [0.29, 0.717) is 24.8 Å². The third-order valence-corrected chi connectivity index (χ3v) is 4.89. The first-order chi connectivity index (χ1) is 9.17. The Kier molecular flexibility index (Phi) is 5.10. The van der Waals surface area contributed by atoms with Crippen molar-refractivity contribution in [2.45, 2.75) is 32.2 Å². The van der Waals surface area contributed by atoms with Crippen molar-refractivity contribution < 1.29 is 9.59 Å². The van der Waals surface area contributed by atoms with Crippen LogP contribution in [0, 0.1) is 5.92 Å². The van der Waals surface area contributed by atoms with E-state index < -0.39 is 0 Å². The second-order valence-corrected chi connectivity index (χ2v) is 6.30. The molecular formula is C13H23N3O2S. The van der Waals surface area contributed by atoms with E-state index in [9.17, 15) is 9.59 Å². The Balaban J connectivity index is 1.96. The van der Waals surface area contributed by atoms with Gasteiger partial charge in [-0.2, -0.15) is 0 Å². The fourth-order valence-corrected chi connectivity index (χ4v) is 3.86. The van der Waals surface area contributed by atoms with Crippen LogP contribution in [0.1, 0.15) is 26.2 Å². The molecular weight excluding hydrogens is 262 g/mol. The van der Waals surface area contributed by atoms with Gasteiger partial charge in [0.15, 0.2) is 0 Å². The Hall–Kier alpha value is -0.750. The molecule has 2 atom stereocenters. The molecule has 2 unspecified atom stereocenters. The number of hydrogen-bond acceptors (Lipinski definition) is 4. The van der Waals surface area contributed by atoms with Crippen LogP contribution in [0.4, 0.5) is 0 Å². The van der Waals surface area contributed by atoms with Gasteiger partial charge in [0.25, 0.3) is 0 Å². The van der Waals surface area contributed by atoms with Crippen LogP contribution in [0.2, 0.25) is 0 Å². The molecule has 2 fully saturated rings. The average molecular weight is 285 g/mol. The Bertz CT molecular complexity index is 351. The second kappa shape index (κ2) is 6.61. The maximum Gasteiger partial charge on any atom is 0.246 e. The molecule has 2 aliphatic heterocycles. The molecule has 0 aromatic heterocycles. The summed E-state index contributed by atoms with van der Waals surface area (Å²) in [6.45, 7) is 4.18. The molecule has 2 amide bonds. The molecule has 2 saturated heterocycles. The van der Waals surface area contributed by atoms with Crippen molar-refractivity contribution in [2.24, 2.45) is 11.7 Å². The van der Waals surface area contributed by atoms with Crippen molar-refractivity contribution >= 4 is 23.6 Å². The predicted molar refractivity (Wildman–Crippen MR) is 76.6 cm³/mol. The van der Waals surface area contributed by atoms with Crippen molar-refractivity contribution in [1.82, 2.24) is 9.80 Å². The van der Waals surface area contributed by atoms with Gasteiger partial charge in [-0.3, -0.25) is 9.59 Å². The van der Waals surface area contributed by atoms with Gasteiger partial charge in [0.05, 0.1) is 5.88 Å². The van der Waals surface area contributed by atoms with Crippen molar-refractivity contribution in [3.63, 3.8) is 0 Å². The van der Waals surface area contributed by atoms with E-state index in [1.165, 1.54) is 0 Å². The lowest BCUT2D eigenvalue weighted by atomic mass is 10.1. The van der Waals surface area contributed by atoms with Crippen LogP contribution in [-0.4, -0.2) is 58.9 Å². The molecule has 0 aromatic rings. The monoisotopic (exact) mass is 285 g/mol. The second-order valence-electron chi connectivity index (χ2n) is 5.30. The number of rotatable bonds is 4. The molecule has 2 N–H and O–H groups in total. The van der Waals surface area contributed by atoms with Gasteiger partial charge in [0, 0.05) is 25.3 Å². The van der Waals surface area contributed by atoms with Gasteiger partial charge in [-0.15, -0.1) is 11.8 Å². The third kappa shape index (κ3) is 3.23. The minimum Gasteiger partial charge on any atom is -0.341 e. The summed E-state index contributed by atoms with van der Waals surface area (Å²) in [5, 5.41) is 0. The highest BCUT2D eigenvalue weighted by atomic mass is 32.2. The zero-order valence-electron chi connectivity index (χ0n) is 11.5. The topological polar surface area (TPSA) is 66.6 Å². The zero-order chi connectivity index (χ0) is 13.8. The average Bonchev–Trinajstić information content (AvgIpc) is 3.07. The number of carbonyl (C=O) groups is 2. The predicted octanol–water partition coefficient (Wildman–Crippen LogP) is 0.495. The largest absolute Gasteiger partial charge is 0.341 e. The number of thioether (sulfide) groups is 1. The maximum absolute atomic E-state index is 12.5. The van der Waals surface area contributed by atoms with Gasteiger partial charge in [0.1, 0.15) is 6.04 Å². The van der Waals surface area contributed by atoms with Gasteiger partial charge in [-0.1, -0.05) is 6.92 Å². The fraction of sp³-hybridized carbons (Fsp3) is 0.846. The summed E-state index contributed by atoms with van der Waals surface area (Å²) in [7, 11) is 0. The number of likely N-dealkylation sites (tertiary alicyclic amines) is 1. The minimum absolute atomic E-state index is 0.112. The Morgan fingerprint density at radius 2 is 2.21 bits per heavy atom. The molecule has 0 saturated carbocycles. The van der Waals surface area contributed by atoms with E-state index in [1.54, 1.807) is 16.7 Å². The summed E-state index contributed by atoms with van der Waals surface area (Å²) in [5.74, 6) is 2.05. The van der Waals surface area contributed by atoms with E-state index in [4.69, 9.17) is 5.73 Å². The van der Waals surface area contributed by atoms with E-state index >= 15 is 0 Å². The normalized spacial score (nSPS) is 27.1. The lowest BCUT2D eigenvalue weighted by Crippen LogP contribution is -2.48. The van der Waals surface area contributed by atoms with Crippen molar-refractivity contribution in [3.8, 4) is 0 Å². The highest BCUT2D eigenvalue weighted by Crippen LogP contribution is 2.25. The van der Waals surface area contributed by atoms with Gasteiger partial charge in [0.2, 0.25) is 11.8 Å². The molecule has 2 heterocycles. The van der Waals surface area contributed by atoms with Crippen molar-refractivity contribution in [3.05, 3.63) is 0 Å². The Morgan fingerprint density at radius 1 is 1.42 bits per heavy atom. The molecule has 108 valence electrons. The molecule has 6 heteroatoms. The quantitative estimate of drug-likeness (QED) is 0.816. The molecule has 19 heavy (non-hydrogen) atoms. The van der Waals surface area contributed by atoms with Crippen LogP contribution in [0.15, 0.2) is 0 Å². The first-order valence-electron chi connectivity index (χ1n) is 7.03. The van der Waals surface area contributed by atoms with Crippen LogP contribution in [-0.2, 0) is 9.59 Å². The van der Waals surface area contributed by atoms with E-state index in [0.717, 1.165) is 31.7 Å². The number of hydrogen-bond donors (Lipinski definition) is 1. The van der Waals surface area contributed by atoms with Crippen LogP contribution >= 0.6 is 11.8 Å². The summed E-state index contributed by atoms with van der Waals surface area (Å²) in [6, 6.07) is -0.249. The van der Waals surface area contributed by atoms with E-state index in [2.05, 4.69) is 0 Å². The number of amides is 2. The SMILES string of the molecule is CCCC(=O)N1CSCC1C(=O)N1CCC(CN)C1. The van der Waals surface area contributed by atoms with Crippen LogP contribution in [0.3, 0.4) is 0 Å². The third-order valence-electron chi connectivity index (χ3n) is 3.88. The highest BCUT2D eigenvalue weighted by Gasteiger charge is 2.38. The summed E-state index contributed by atoms with van der Waals surface area (Å²) in [6.07, 6.45) is 2.36. The van der Waals surface area contributed by atoms with Gasteiger partial charge in [-0.25, -0.2) is 0 Å². The Morgan fingerprint density at radius 3 is 2.84 bits per heavy atom. The lowest BCUT2D eigenvalue weighted by molar-refractivity contribution is -0.142. The van der Waals surface area contributed by atoms with Gasteiger partial charge < -0.3 is 15.5 Å². The van der Waals surface area contributed by atoms with Crippen molar-refractivity contribution in [2.75, 3.05) is 31.3 Å². The molecule has 5 nitrogen and oxygen atoms in total. The molecule has 0 bridgehead atoms. The van der Waals surface area contributed by atoms with E-state index in [-0.39, 0.29) is 17.9 Å². The molecule has 0 aliphatic carbocycles. The molecule has 0 radical (unpaired) electrons. The lowest BCUT2D eigenvalue weighted by Gasteiger charge is -2.27. The zero-order valence-corrected chi connectivity index (χ0v) is 12.3. The molecule has 0 spiro atoms. The number of carbonyl (C=O) groups excluding carboxylic acids is 2. The molecule has 2 rings (SSSR count). The summed E-state index contributed by atoms with van der Waals surface area (Å²) in [5.41, 5.74) is 5.66. The van der Waals surface area contributed by atoms with Crippen molar-refractivity contribution in [1.29, 1.82) is 0 Å². The first kappa shape index (κ1) is 14.7. The molecule has 0 aromatic carbocycles. The summed E-state index contributed by atoms with van der Waals surface area (Å²) >= 11 is 1.67. The van der Waals surface area contributed by atoms with E-state index in [1.807, 2.05) is 11.8 Å². The smallest absolute Gasteiger partial charge is 0.246 e. The summed E-state index contributed by atoms with van der Waals surface area (Å²) < 4.78 is 0. The van der Waals surface area contributed by atoms with Crippen LogP contribution < -0.4 is 5.73 Å². The molecule has 2 aliphatic rings. The minimum atomic E-state index is -0.249. The highest BCUT2D eigenvalue weighted by molar-refractivity contribution is 7.99. The standard InChI is InChI=1S/C13H23N3O2S/c1-2-3-12(17)16-9-19-8-11(16)13(18)15-5-4-10(6-14)7-15/h10-11H,2-9,14H2,1H3. The number of nitrogens with zero attached hydrogens (tertiary/aromatic N) is 2. The summed E-state index contributed by atoms with van der Waals surface area (Å²) in [4.78, 5) is 28.2. The fourth-order valence-electron chi connectivity index (χ4n) is 2.69. The van der Waals surface area contributed by atoms with Gasteiger partial charge >= 0.3 is 0 Å². The maximum atomic E-state index is 12.5. The van der Waals surface area contributed by atoms with Crippen LogP contribution in [0.25, 0.3) is 0 Å². The Labute approximate surface area is 118 Å².